The number of fused-ring (bicyclic) bond motifs is 1. The molecule has 2 aromatic heterocycles. The number of hydrogen-bond donors (Lipinski definition) is 2. The number of rotatable bonds is 7. The number of nitrogens with one attached hydrogen (secondary N) is 1. The number of carboxylic acids is 1. The smallest absolute Gasteiger partial charge is 0.335 e. The summed E-state index contributed by atoms with van der Waals surface area (Å²) in [6.45, 7) is 2.92. The molecule has 0 radical (unpaired) electrons. The minimum atomic E-state index is -0.973. The van der Waals surface area contributed by atoms with Gasteiger partial charge in [0.25, 0.3) is 5.71 Å². The molecule has 1 aromatic carbocycles. The Morgan fingerprint density at radius 3 is 3.08 bits per heavy atom. The number of aromatic carboxylic acids is 1. The van der Waals surface area contributed by atoms with E-state index in [-0.39, 0.29) is 5.56 Å². The number of aromatic nitrogens is 3. The van der Waals surface area contributed by atoms with Crippen molar-refractivity contribution in [3.8, 4) is 5.75 Å². The fraction of sp³-hybridized carbons (Fsp3) is 0.250. The molecule has 0 bridgehead atoms. The normalized spacial score (nSPS) is 10.7. The van der Waals surface area contributed by atoms with Crippen molar-refractivity contribution in [1.82, 2.24) is 15.1 Å². The fourth-order valence-electron chi connectivity index (χ4n) is 2.24. The van der Waals surface area contributed by atoms with E-state index < -0.39 is 5.97 Å². The van der Waals surface area contributed by atoms with Gasteiger partial charge in [-0.1, -0.05) is 11.2 Å². The molecule has 2 heterocycles. The van der Waals surface area contributed by atoms with Crippen LogP contribution in [0.15, 0.2) is 35.1 Å². The molecule has 0 atom stereocenters. The Hall–Kier alpha value is -3.16. The van der Waals surface area contributed by atoms with E-state index in [0.717, 1.165) is 11.1 Å². The van der Waals surface area contributed by atoms with Crippen LogP contribution in [-0.4, -0.2) is 39.4 Å². The summed E-state index contributed by atoms with van der Waals surface area (Å²) in [6, 6.07) is 6.42. The lowest BCUT2D eigenvalue weighted by atomic mass is 10.2. The van der Waals surface area contributed by atoms with Gasteiger partial charge in [0, 0.05) is 6.54 Å². The average molecular weight is 328 g/mol. The number of aryl methyl sites for hydroxylation is 1. The van der Waals surface area contributed by atoms with Gasteiger partial charge in [0.1, 0.15) is 23.3 Å². The summed E-state index contributed by atoms with van der Waals surface area (Å²) in [4.78, 5) is 19.1. The van der Waals surface area contributed by atoms with Gasteiger partial charge in [-0.25, -0.2) is 9.78 Å². The van der Waals surface area contributed by atoms with Crippen molar-refractivity contribution in [1.29, 1.82) is 0 Å². The lowest BCUT2D eigenvalue weighted by molar-refractivity contribution is 0.0696. The Morgan fingerprint density at radius 1 is 1.38 bits per heavy atom. The average Bonchev–Trinajstić information content (AvgIpc) is 2.97. The Kier molecular flexibility index (Phi) is 4.55. The maximum Gasteiger partial charge on any atom is 0.335 e. The lowest BCUT2D eigenvalue weighted by Gasteiger charge is -2.08. The maximum atomic E-state index is 10.9. The first kappa shape index (κ1) is 15.7. The van der Waals surface area contributed by atoms with Crippen LogP contribution in [0.4, 0.5) is 5.82 Å². The molecule has 8 heteroatoms. The molecule has 0 aliphatic carbocycles. The van der Waals surface area contributed by atoms with Gasteiger partial charge in [-0.3, -0.25) is 0 Å². The molecule has 0 saturated heterocycles. The highest BCUT2D eigenvalue weighted by atomic mass is 16.5. The monoisotopic (exact) mass is 328 g/mol. The summed E-state index contributed by atoms with van der Waals surface area (Å²) < 4.78 is 10.7. The molecule has 2 N–H and O–H groups in total. The molecular formula is C16H16N4O4. The summed E-state index contributed by atoms with van der Waals surface area (Å²) in [5, 5.41) is 16.8. The molecule has 3 rings (SSSR count). The predicted molar refractivity (Wildman–Crippen MR) is 86.3 cm³/mol. The first-order chi connectivity index (χ1) is 11.6. The van der Waals surface area contributed by atoms with Crippen molar-refractivity contribution >= 4 is 22.9 Å². The first-order valence-electron chi connectivity index (χ1n) is 7.42. The minimum absolute atomic E-state index is 0.205. The quantitative estimate of drug-likeness (QED) is 0.637. The summed E-state index contributed by atoms with van der Waals surface area (Å²) >= 11 is 0. The Bertz CT molecular complexity index is 862. The van der Waals surface area contributed by atoms with Crippen LogP contribution < -0.4 is 10.1 Å². The highest BCUT2D eigenvalue weighted by molar-refractivity contribution is 5.88. The van der Waals surface area contributed by atoms with E-state index in [1.54, 1.807) is 12.1 Å². The Labute approximate surface area is 137 Å². The van der Waals surface area contributed by atoms with Gasteiger partial charge in [-0.15, -0.1) is 0 Å². The Balaban J connectivity index is 1.51. The van der Waals surface area contributed by atoms with Crippen molar-refractivity contribution in [2.45, 2.75) is 13.3 Å². The molecule has 24 heavy (non-hydrogen) atoms. The predicted octanol–water partition coefficient (Wildman–Crippen LogP) is 2.51. The Morgan fingerprint density at radius 2 is 2.25 bits per heavy atom. The summed E-state index contributed by atoms with van der Waals surface area (Å²) in [7, 11) is 0. The molecular weight excluding hydrogens is 312 g/mol. The lowest BCUT2D eigenvalue weighted by Crippen LogP contribution is -2.09. The van der Waals surface area contributed by atoms with Gasteiger partial charge < -0.3 is 19.7 Å². The third-order valence-electron chi connectivity index (χ3n) is 3.41. The molecule has 0 fully saturated rings. The van der Waals surface area contributed by atoms with Gasteiger partial charge in [-0.2, -0.15) is 4.98 Å². The van der Waals surface area contributed by atoms with E-state index in [0.29, 0.717) is 36.9 Å². The van der Waals surface area contributed by atoms with Crippen LogP contribution >= 0.6 is 0 Å². The molecule has 124 valence electrons. The number of benzene rings is 1. The number of ether oxygens (including phenoxy) is 1. The molecule has 3 aromatic rings. The molecule has 0 saturated carbocycles. The summed E-state index contributed by atoms with van der Waals surface area (Å²) in [6.07, 6.45) is 2.14. The van der Waals surface area contributed by atoms with E-state index in [4.69, 9.17) is 14.4 Å². The first-order valence-corrected chi connectivity index (χ1v) is 7.42. The standard InChI is InChI=1S/C16H16N4O4/c1-10-13-14(18-9-19-15(13)24-20-10)17-6-3-7-23-12-5-2-4-11(8-12)16(21)22/h2,4-5,8-9H,3,6-7H2,1H3,(H,21,22)(H,17,18,19). The van der Waals surface area contributed by atoms with Crippen LogP contribution in [0.5, 0.6) is 5.75 Å². The van der Waals surface area contributed by atoms with Gasteiger partial charge in [-0.05, 0) is 31.5 Å². The van der Waals surface area contributed by atoms with Crippen molar-refractivity contribution < 1.29 is 19.2 Å². The van der Waals surface area contributed by atoms with Crippen LogP contribution in [0, 0.1) is 6.92 Å². The largest absolute Gasteiger partial charge is 0.494 e. The van der Waals surface area contributed by atoms with Crippen molar-refractivity contribution in [3.05, 3.63) is 41.9 Å². The number of carboxylic acid groups (broad SMARTS) is 1. The molecule has 0 unspecified atom stereocenters. The molecule has 0 aliphatic rings. The van der Waals surface area contributed by atoms with E-state index in [9.17, 15) is 4.79 Å². The zero-order chi connectivity index (χ0) is 16.9. The van der Waals surface area contributed by atoms with Crippen molar-refractivity contribution in [2.75, 3.05) is 18.5 Å². The number of carbonyl (C=O) groups is 1. The minimum Gasteiger partial charge on any atom is -0.494 e. The van der Waals surface area contributed by atoms with Gasteiger partial charge >= 0.3 is 5.97 Å². The van der Waals surface area contributed by atoms with E-state index in [2.05, 4.69) is 20.4 Å². The second-order valence-electron chi connectivity index (χ2n) is 5.13. The second-order valence-corrected chi connectivity index (χ2v) is 5.13. The maximum absolute atomic E-state index is 10.9. The summed E-state index contributed by atoms with van der Waals surface area (Å²) in [5.41, 5.74) is 1.39. The topological polar surface area (TPSA) is 110 Å². The highest BCUT2D eigenvalue weighted by Crippen LogP contribution is 2.22. The van der Waals surface area contributed by atoms with Crippen molar-refractivity contribution in [2.24, 2.45) is 0 Å². The van der Waals surface area contributed by atoms with Gasteiger partial charge in [0.15, 0.2) is 0 Å². The number of hydrogen-bond acceptors (Lipinski definition) is 7. The highest BCUT2D eigenvalue weighted by Gasteiger charge is 2.11. The number of nitrogens with zero attached hydrogens (tertiary/aromatic N) is 3. The van der Waals surface area contributed by atoms with Crippen LogP contribution in [-0.2, 0) is 0 Å². The fourth-order valence-corrected chi connectivity index (χ4v) is 2.24. The molecule has 0 spiro atoms. The van der Waals surface area contributed by atoms with Crippen LogP contribution in [0.1, 0.15) is 22.5 Å². The zero-order valence-electron chi connectivity index (χ0n) is 13.0. The van der Waals surface area contributed by atoms with Crippen LogP contribution in [0.2, 0.25) is 0 Å². The van der Waals surface area contributed by atoms with Crippen molar-refractivity contribution in [3.63, 3.8) is 0 Å². The SMILES string of the molecule is Cc1noc2ncnc(NCCCOc3cccc(C(=O)O)c3)c12. The third kappa shape index (κ3) is 3.43. The molecule has 0 aliphatic heterocycles. The van der Waals surface area contributed by atoms with E-state index in [1.807, 2.05) is 6.92 Å². The van der Waals surface area contributed by atoms with E-state index in [1.165, 1.54) is 18.5 Å². The van der Waals surface area contributed by atoms with Crippen LogP contribution in [0.25, 0.3) is 11.1 Å². The third-order valence-corrected chi connectivity index (χ3v) is 3.41. The van der Waals surface area contributed by atoms with Crippen LogP contribution in [0.3, 0.4) is 0 Å². The molecule has 8 nitrogen and oxygen atoms in total. The van der Waals surface area contributed by atoms with E-state index >= 15 is 0 Å². The second kappa shape index (κ2) is 6.95. The summed E-state index contributed by atoms with van der Waals surface area (Å²) in [5.74, 6) is 0.236. The van der Waals surface area contributed by atoms with Gasteiger partial charge in [0.05, 0.1) is 17.9 Å². The zero-order valence-corrected chi connectivity index (χ0v) is 13.0. The van der Waals surface area contributed by atoms with Gasteiger partial charge in [0.2, 0.25) is 0 Å². The number of anilines is 1. The molecule has 0 amide bonds.